The second-order valence-electron chi connectivity index (χ2n) is 4.24. The van der Waals surface area contributed by atoms with Gasteiger partial charge in [-0.05, 0) is 19.8 Å². The van der Waals surface area contributed by atoms with E-state index in [4.69, 9.17) is 4.74 Å². The maximum atomic E-state index is 11.9. The second kappa shape index (κ2) is 5.21. The molecule has 1 heterocycles. The van der Waals surface area contributed by atoms with Gasteiger partial charge in [-0.2, -0.15) is 0 Å². The molecule has 0 atom stereocenters. The van der Waals surface area contributed by atoms with Gasteiger partial charge in [0.05, 0.1) is 6.10 Å². The van der Waals surface area contributed by atoms with Crippen molar-refractivity contribution in [1.29, 1.82) is 0 Å². The molecule has 2 N–H and O–H groups in total. The minimum Gasteiger partial charge on any atom is -0.378 e. The predicted molar refractivity (Wildman–Crippen MR) is 65.8 cm³/mol. The first-order chi connectivity index (χ1) is 8.53. The van der Waals surface area contributed by atoms with Gasteiger partial charge in [0.2, 0.25) is 15.5 Å². The number of pyridine rings is 1. The zero-order valence-electron chi connectivity index (χ0n) is 10.0. The van der Waals surface area contributed by atoms with E-state index in [-0.39, 0.29) is 17.0 Å². The molecule has 1 aliphatic rings. The lowest BCUT2D eigenvalue weighted by Crippen LogP contribution is -2.48. The summed E-state index contributed by atoms with van der Waals surface area (Å²) in [6, 6.07) is 1.05. The van der Waals surface area contributed by atoms with Crippen molar-refractivity contribution >= 4 is 10.0 Å². The molecule has 100 valence electrons. The number of nitrogens with one attached hydrogen (secondary N) is 2. The molecule has 2 rings (SSSR count). The van der Waals surface area contributed by atoms with Crippen LogP contribution in [0.3, 0.4) is 0 Å². The van der Waals surface area contributed by atoms with Gasteiger partial charge in [-0.3, -0.25) is 4.79 Å². The lowest BCUT2D eigenvalue weighted by atomic mass is 9.90. The molecule has 0 saturated heterocycles. The first-order valence-electron chi connectivity index (χ1n) is 5.84. The smallest absolute Gasteiger partial charge is 0.246 e. The molecule has 1 fully saturated rings. The van der Waals surface area contributed by atoms with Crippen molar-refractivity contribution in [2.75, 3.05) is 6.61 Å². The van der Waals surface area contributed by atoms with Gasteiger partial charge >= 0.3 is 0 Å². The van der Waals surface area contributed by atoms with Crippen molar-refractivity contribution in [3.8, 4) is 0 Å². The van der Waals surface area contributed by atoms with Crippen LogP contribution in [0.4, 0.5) is 0 Å². The summed E-state index contributed by atoms with van der Waals surface area (Å²) in [6.45, 7) is 2.53. The normalized spacial score (nSPS) is 23.6. The van der Waals surface area contributed by atoms with Crippen molar-refractivity contribution in [2.45, 2.75) is 36.8 Å². The van der Waals surface area contributed by atoms with Gasteiger partial charge in [0.1, 0.15) is 4.90 Å². The summed E-state index contributed by atoms with van der Waals surface area (Å²) >= 11 is 0. The highest BCUT2D eigenvalue weighted by molar-refractivity contribution is 7.89. The molecule has 18 heavy (non-hydrogen) atoms. The Bertz CT molecular complexity index is 560. The minimum absolute atomic E-state index is 0.122. The highest BCUT2D eigenvalue weighted by Gasteiger charge is 2.33. The number of hydrogen-bond donors (Lipinski definition) is 2. The van der Waals surface area contributed by atoms with Crippen LogP contribution in [0.25, 0.3) is 0 Å². The molecule has 0 bridgehead atoms. The first kappa shape index (κ1) is 13.3. The SMILES string of the molecule is CCOC1CC(NS(=O)(=O)c2c[nH]ccc2=O)C1. The largest absolute Gasteiger partial charge is 0.378 e. The minimum atomic E-state index is -3.74. The van der Waals surface area contributed by atoms with Crippen LogP contribution < -0.4 is 10.2 Å². The molecule has 0 unspecified atom stereocenters. The Balaban J connectivity index is 2.02. The second-order valence-corrected chi connectivity index (χ2v) is 5.92. The van der Waals surface area contributed by atoms with Gasteiger partial charge in [-0.15, -0.1) is 0 Å². The Morgan fingerprint density at radius 2 is 2.22 bits per heavy atom. The van der Waals surface area contributed by atoms with Crippen LogP contribution in [0.1, 0.15) is 19.8 Å². The van der Waals surface area contributed by atoms with Gasteiger partial charge in [0.25, 0.3) is 0 Å². The number of ether oxygens (including phenoxy) is 1. The van der Waals surface area contributed by atoms with Crippen LogP contribution in [-0.2, 0) is 14.8 Å². The van der Waals surface area contributed by atoms with Crippen LogP contribution in [0.2, 0.25) is 0 Å². The number of rotatable bonds is 5. The molecule has 1 aliphatic carbocycles. The summed E-state index contributed by atoms with van der Waals surface area (Å²) < 4.78 is 31.8. The molecule has 0 aliphatic heterocycles. The van der Waals surface area contributed by atoms with E-state index in [9.17, 15) is 13.2 Å². The summed E-state index contributed by atoms with van der Waals surface area (Å²) in [7, 11) is -3.74. The fourth-order valence-electron chi connectivity index (χ4n) is 1.93. The molecular formula is C11H16N2O4S. The van der Waals surface area contributed by atoms with Crippen LogP contribution in [0.5, 0.6) is 0 Å². The third-order valence-corrected chi connectivity index (χ3v) is 4.44. The third-order valence-electron chi connectivity index (χ3n) is 2.90. The zero-order valence-corrected chi connectivity index (χ0v) is 10.9. The van der Waals surface area contributed by atoms with E-state index in [1.165, 1.54) is 18.5 Å². The number of H-pyrrole nitrogens is 1. The van der Waals surface area contributed by atoms with Crippen molar-refractivity contribution < 1.29 is 13.2 Å². The molecule has 6 nitrogen and oxygen atoms in total. The number of hydrogen-bond acceptors (Lipinski definition) is 4. The predicted octanol–water partition coefficient (Wildman–Crippen LogP) is 0.221. The van der Waals surface area contributed by atoms with Gasteiger partial charge in [-0.1, -0.05) is 0 Å². The average molecular weight is 272 g/mol. The average Bonchev–Trinajstić information content (AvgIpc) is 2.26. The molecular weight excluding hydrogens is 256 g/mol. The molecule has 0 spiro atoms. The van der Waals surface area contributed by atoms with Gasteiger partial charge in [0.15, 0.2) is 0 Å². The van der Waals surface area contributed by atoms with E-state index in [1.807, 2.05) is 6.92 Å². The highest BCUT2D eigenvalue weighted by Crippen LogP contribution is 2.24. The fourth-order valence-corrected chi connectivity index (χ4v) is 3.24. The summed E-state index contributed by atoms with van der Waals surface area (Å²) in [6.07, 6.45) is 4.02. The fraction of sp³-hybridized carbons (Fsp3) is 0.545. The van der Waals surface area contributed by atoms with Crippen molar-refractivity contribution in [3.63, 3.8) is 0 Å². The summed E-state index contributed by atoms with van der Waals surface area (Å²) in [5.74, 6) is 0. The standard InChI is InChI=1S/C11H16N2O4S/c1-2-17-9-5-8(6-9)13-18(15,16)11-7-12-4-3-10(11)14/h3-4,7-9,13H,2,5-6H2,1H3,(H,12,14). The molecule has 0 radical (unpaired) electrons. The molecule has 0 amide bonds. The van der Waals surface area contributed by atoms with Crippen LogP contribution in [0.15, 0.2) is 28.2 Å². The summed E-state index contributed by atoms with van der Waals surface area (Å²) in [5.41, 5.74) is -0.512. The summed E-state index contributed by atoms with van der Waals surface area (Å²) in [5, 5.41) is 0. The molecule has 1 aromatic rings. The van der Waals surface area contributed by atoms with Crippen molar-refractivity contribution in [2.24, 2.45) is 0 Å². The Labute approximate surface area is 105 Å². The van der Waals surface area contributed by atoms with E-state index >= 15 is 0 Å². The van der Waals surface area contributed by atoms with Gasteiger partial charge in [0, 0.05) is 31.1 Å². The quantitative estimate of drug-likeness (QED) is 0.802. The lowest BCUT2D eigenvalue weighted by molar-refractivity contribution is -0.00476. The van der Waals surface area contributed by atoms with Gasteiger partial charge in [-0.25, -0.2) is 13.1 Å². The molecule has 0 aromatic carbocycles. The first-order valence-corrected chi connectivity index (χ1v) is 7.32. The van der Waals surface area contributed by atoms with E-state index < -0.39 is 15.5 Å². The summed E-state index contributed by atoms with van der Waals surface area (Å²) in [4.78, 5) is 13.8. The van der Waals surface area contributed by atoms with E-state index in [2.05, 4.69) is 9.71 Å². The Morgan fingerprint density at radius 1 is 1.50 bits per heavy atom. The van der Waals surface area contributed by atoms with Crippen LogP contribution >= 0.6 is 0 Å². The Kier molecular flexibility index (Phi) is 3.84. The van der Waals surface area contributed by atoms with E-state index in [0.29, 0.717) is 19.4 Å². The monoisotopic (exact) mass is 272 g/mol. The van der Waals surface area contributed by atoms with Crippen molar-refractivity contribution in [3.05, 3.63) is 28.7 Å². The number of aromatic nitrogens is 1. The Hall–Kier alpha value is -1.18. The maximum Gasteiger partial charge on any atom is 0.246 e. The van der Waals surface area contributed by atoms with E-state index in [0.717, 1.165) is 0 Å². The third kappa shape index (κ3) is 2.80. The zero-order chi connectivity index (χ0) is 13.2. The Morgan fingerprint density at radius 3 is 2.83 bits per heavy atom. The molecule has 1 saturated carbocycles. The van der Waals surface area contributed by atoms with Crippen LogP contribution in [-0.4, -0.2) is 32.2 Å². The molecule has 7 heteroatoms. The van der Waals surface area contributed by atoms with E-state index in [1.54, 1.807) is 0 Å². The van der Waals surface area contributed by atoms with Crippen LogP contribution in [0, 0.1) is 0 Å². The highest BCUT2D eigenvalue weighted by atomic mass is 32.2. The van der Waals surface area contributed by atoms with Crippen molar-refractivity contribution in [1.82, 2.24) is 9.71 Å². The topological polar surface area (TPSA) is 88.3 Å². The number of aromatic amines is 1. The maximum absolute atomic E-state index is 11.9. The molecule has 1 aromatic heterocycles. The van der Waals surface area contributed by atoms with Gasteiger partial charge < -0.3 is 9.72 Å². The number of sulfonamides is 1. The lowest BCUT2D eigenvalue weighted by Gasteiger charge is -2.34.